The molecule has 7 heteroatoms. The maximum absolute atomic E-state index is 12.3. The topological polar surface area (TPSA) is 99.3 Å². The first-order chi connectivity index (χ1) is 11.3. The summed E-state index contributed by atoms with van der Waals surface area (Å²) in [5.41, 5.74) is 1.25. The molecule has 130 valence electrons. The molecule has 1 atom stereocenters. The van der Waals surface area contributed by atoms with Gasteiger partial charge in [0.2, 0.25) is 11.8 Å². The van der Waals surface area contributed by atoms with Crippen LogP contribution in [0.5, 0.6) is 0 Å². The number of carbonyl (C=O) groups excluding carboxylic acids is 3. The van der Waals surface area contributed by atoms with Crippen LogP contribution in [-0.2, 0) is 9.59 Å². The number of nitrogens with one attached hydrogen (secondary N) is 4. The minimum absolute atomic E-state index is 0.0269. The molecule has 1 aliphatic carbocycles. The van der Waals surface area contributed by atoms with Crippen LogP contribution in [0.15, 0.2) is 24.3 Å². The predicted octanol–water partition coefficient (Wildman–Crippen LogP) is 2.07. The second kappa shape index (κ2) is 7.81. The summed E-state index contributed by atoms with van der Waals surface area (Å²) in [6, 6.07) is 6.32. The zero-order valence-electron chi connectivity index (χ0n) is 14.2. The Morgan fingerprint density at radius 2 is 1.54 bits per heavy atom. The lowest BCUT2D eigenvalue weighted by Gasteiger charge is -2.21. The van der Waals surface area contributed by atoms with Gasteiger partial charge in [0, 0.05) is 24.3 Å². The van der Waals surface area contributed by atoms with Gasteiger partial charge in [-0.1, -0.05) is 13.8 Å². The first-order valence-corrected chi connectivity index (χ1v) is 8.10. The van der Waals surface area contributed by atoms with Crippen LogP contribution in [0.2, 0.25) is 0 Å². The van der Waals surface area contributed by atoms with Crippen molar-refractivity contribution >= 4 is 29.2 Å². The Labute approximate surface area is 141 Å². The monoisotopic (exact) mass is 332 g/mol. The van der Waals surface area contributed by atoms with Gasteiger partial charge in [0.25, 0.3) is 0 Å². The van der Waals surface area contributed by atoms with Crippen molar-refractivity contribution in [2.75, 3.05) is 10.6 Å². The molecule has 1 aromatic rings. The standard InChI is InChI=1S/C17H24N4O3/c1-10(2)15(18-11(3)22)16(23)19-12-4-6-13(7-5-12)20-17(24)21-14-8-9-14/h4-7,10,14-15H,8-9H2,1-3H3,(H,18,22)(H,19,23)(H2,20,21,24). The molecule has 0 heterocycles. The summed E-state index contributed by atoms with van der Waals surface area (Å²) in [5, 5.41) is 11.0. The smallest absolute Gasteiger partial charge is 0.319 e. The SMILES string of the molecule is CC(=O)NC(C(=O)Nc1ccc(NC(=O)NC2CC2)cc1)C(C)C. The van der Waals surface area contributed by atoms with E-state index in [1.807, 2.05) is 13.8 Å². The number of urea groups is 1. The Bertz CT molecular complexity index is 609. The summed E-state index contributed by atoms with van der Waals surface area (Å²) >= 11 is 0. The van der Waals surface area contributed by atoms with Crippen molar-refractivity contribution < 1.29 is 14.4 Å². The van der Waals surface area contributed by atoms with E-state index in [1.54, 1.807) is 24.3 Å². The maximum Gasteiger partial charge on any atom is 0.319 e. The number of carbonyl (C=O) groups is 3. The van der Waals surface area contributed by atoms with Crippen LogP contribution in [0.3, 0.4) is 0 Å². The predicted molar refractivity (Wildman–Crippen MR) is 92.7 cm³/mol. The van der Waals surface area contributed by atoms with Crippen LogP contribution < -0.4 is 21.3 Å². The normalized spacial score (nSPS) is 14.7. The van der Waals surface area contributed by atoms with Gasteiger partial charge in [0.05, 0.1) is 0 Å². The summed E-state index contributed by atoms with van der Waals surface area (Å²) in [6.45, 7) is 5.12. The Hall–Kier alpha value is -2.57. The minimum Gasteiger partial charge on any atom is -0.344 e. The quantitative estimate of drug-likeness (QED) is 0.641. The van der Waals surface area contributed by atoms with Gasteiger partial charge >= 0.3 is 6.03 Å². The van der Waals surface area contributed by atoms with Gasteiger partial charge in [-0.05, 0) is 43.0 Å². The fraction of sp³-hybridized carbons (Fsp3) is 0.471. The van der Waals surface area contributed by atoms with Crippen molar-refractivity contribution in [2.45, 2.75) is 45.7 Å². The summed E-state index contributed by atoms with van der Waals surface area (Å²) in [6.07, 6.45) is 2.06. The number of amides is 4. The summed E-state index contributed by atoms with van der Waals surface area (Å²) in [5.74, 6) is -0.543. The van der Waals surface area contributed by atoms with Crippen molar-refractivity contribution in [1.82, 2.24) is 10.6 Å². The molecule has 1 saturated carbocycles. The molecule has 1 unspecified atom stereocenters. The fourth-order valence-corrected chi connectivity index (χ4v) is 2.19. The Kier molecular flexibility index (Phi) is 5.78. The van der Waals surface area contributed by atoms with E-state index >= 15 is 0 Å². The lowest BCUT2D eigenvalue weighted by Crippen LogP contribution is -2.46. The average Bonchev–Trinajstić information content (AvgIpc) is 3.30. The summed E-state index contributed by atoms with van der Waals surface area (Å²) in [4.78, 5) is 35.1. The molecule has 7 nitrogen and oxygen atoms in total. The molecule has 0 radical (unpaired) electrons. The third-order valence-corrected chi connectivity index (χ3v) is 3.63. The van der Waals surface area contributed by atoms with Crippen LogP contribution in [-0.4, -0.2) is 29.9 Å². The maximum atomic E-state index is 12.3. The van der Waals surface area contributed by atoms with Gasteiger partial charge in [-0.2, -0.15) is 0 Å². The zero-order chi connectivity index (χ0) is 17.7. The van der Waals surface area contributed by atoms with E-state index in [0.717, 1.165) is 12.8 Å². The fourth-order valence-electron chi connectivity index (χ4n) is 2.19. The van der Waals surface area contributed by atoms with Crippen molar-refractivity contribution in [3.05, 3.63) is 24.3 Å². The van der Waals surface area contributed by atoms with Crippen LogP contribution in [0, 0.1) is 5.92 Å². The molecule has 1 fully saturated rings. The first-order valence-electron chi connectivity index (χ1n) is 8.10. The number of hydrogen-bond donors (Lipinski definition) is 4. The molecule has 4 amide bonds. The number of rotatable bonds is 6. The average molecular weight is 332 g/mol. The molecule has 24 heavy (non-hydrogen) atoms. The van der Waals surface area contributed by atoms with E-state index in [-0.39, 0.29) is 23.8 Å². The molecule has 0 saturated heterocycles. The highest BCUT2D eigenvalue weighted by molar-refractivity contribution is 5.97. The van der Waals surface area contributed by atoms with Crippen LogP contribution in [0.4, 0.5) is 16.2 Å². The van der Waals surface area contributed by atoms with Crippen molar-refractivity contribution in [3.8, 4) is 0 Å². The van der Waals surface area contributed by atoms with E-state index in [9.17, 15) is 14.4 Å². The van der Waals surface area contributed by atoms with Gasteiger partial charge in [-0.25, -0.2) is 4.79 Å². The second-order valence-corrected chi connectivity index (χ2v) is 6.36. The lowest BCUT2D eigenvalue weighted by molar-refractivity contribution is -0.126. The van der Waals surface area contributed by atoms with Gasteiger partial charge < -0.3 is 21.3 Å². The lowest BCUT2D eigenvalue weighted by atomic mass is 10.0. The molecule has 1 aliphatic rings. The molecule has 0 aromatic heterocycles. The van der Waals surface area contributed by atoms with E-state index < -0.39 is 6.04 Å². The van der Waals surface area contributed by atoms with E-state index in [4.69, 9.17) is 0 Å². The number of anilines is 2. The highest BCUT2D eigenvalue weighted by Gasteiger charge is 2.24. The molecule has 4 N–H and O–H groups in total. The van der Waals surface area contributed by atoms with Gasteiger partial charge in [-0.3, -0.25) is 9.59 Å². The molecule has 0 bridgehead atoms. The molecule has 2 rings (SSSR count). The largest absolute Gasteiger partial charge is 0.344 e. The first kappa shape index (κ1) is 17.8. The zero-order valence-corrected chi connectivity index (χ0v) is 14.2. The van der Waals surface area contributed by atoms with Gasteiger partial charge in [0.1, 0.15) is 6.04 Å². The van der Waals surface area contributed by atoms with Crippen LogP contribution in [0.1, 0.15) is 33.6 Å². The van der Waals surface area contributed by atoms with Crippen molar-refractivity contribution in [1.29, 1.82) is 0 Å². The third-order valence-electron chi connectivity index (χ3n) is 3.63. The van der Waals surface area contributed by atoms with E-state index in [1.165, 1.54) is 6.92 Å². The van der Waals surface area contributed by atoms with E-state index in [0.29, 0.717) is 17.4 Å². The van der Waals surface area contributed by atoms with Crippen LogP contribution in [0.25, 0.3) is 0 Å². The molecular weight excluding hydrogens is 308 g/mol. The minimum atomic E-state index is -0.593. The molecule has 0 spiro atoms. The third kappa shape index (κ3) is 5.57. The van der Waals surface area contributed by atoms with E-state index in [2.05, 4.69) is 21.3 Å². The van der Waals surface area contributed by atoms with Crippen LogP contribution >= 0.6 is 0 Å². The second-order valence-electron chi connectivity index (χ2n) is 6.36. The molecular formula is C17H24N4O3. The highest BCUT2D eigenvalue weighted by atomic mass is 16.2. The Morgan fingerprint density at radius 3 is 2.00 bits per heavy atom. The number of benzene rings is 1. The molecule has 0 aliphatic heterocycles. The summed E-state index contributed by atoms with van der Waals surface area (Å²) in [7, 11) is 0. The van der Waals surface area contributed by atoms with Crippen molar-refractivity contribution in [3.63, 3.8) is 0 Å². The highest BCUT2D eigenvalue weighted by Crippen LogP contribution is 2.19. The van der Waals surface area contributed by atoms with Crippen molar-refractivity contribution in [2.24, 2.45) is 5.92 Å². The Morgan fingerprint density at radius 1 is 1.00 bits per heavy atom. The van der Waals surface area contributed by atoms with Gasteiger partial charge in [0.15, 0.2) is 0 Å². The number of hydrogen-bond acceptors (Lipinski definition) is 3. The van der Waals surface area contributed by atoms with Gasteiger partial charge in [-0.15, -0.1) is 0 Å². The Balaban J connectivity index is 1.90. The molecule has 1 aromatic carbocycles. The summed E-state index contributed by atoms with van der Waals surface area (Å²) < 4.78 is 0.